The standard InChI is InChI=1S/C36H33N5O4.C35H33N5O3/c1-23(42)26-10-16-30(17-11-26)39-40-34-32-20-12-28(22-27(32)13-21-33(34)43)35(44)38-36(45)37-29-14-6-24(7-15-29)4-5-25-8-18-31(19-9-25)41(2)3;1-23-4-14-29(15-5-23)38-39-33-31-20-12-27(22-26(31)13-21-32(33)41)34(42)37-35(43)36-28-16-8-24(9-17-28)6-7-25-10-18-30(19-11-25)40(2)3/h6-22,43H,4-5H2,1-3H3,(H2,37,38,44,45);4-5,8-22,41H,6-7H2,1-3H3,(H2,36,37,42,43). The van der Waals surface area contributed by atoms with E-state index in [0.29, 0.717) is 61.1 Å². The van der Waals surface area contributed by atoms with Crippen molar-refractivity contribution in [1.82, 2.24) is 10.6 Å². The predicted molar refractivity (Wildman–Crippen MR) is 349 cm³/mol. The summed E-state index contributed by atoms with van der Waals surface area (Å²) in [7, 11) is 8.08. The van der Waals surface area contributed by atoms with E-state index in [2.05, 4.69) is 100 Å². The van der Waals surface area contributed by atoms with Crippen LogP contribution in [-0.2, 0) is 25.7 Å². The van der Waals surface area contributed by atoms with Crippen LogP contribution in [0.15, 0.2) is 227 Å². The molecule has 0 unspecified atom stereocenters. The van der Waals surface area contributed by atoms with Crippen LogP contribution < -0.4 is 31.1 Å². The molecule has 0 heterocycles. The molecule has 6 amide bonds. The Morgan fingerprint density at radius 3 is 1.09 bits per heavy atom. The molecule has 0 aliphatic heterocycles. The van der Waals surface area contributed by atoms with Crippen molar-refractivity contribution in [1.29, 1.82) is 0 Å². The number of hydrogen-bond donors (Lipinski definition) is 6. The molecule has 0 fully saturated rings. The number of rotatable bonds is 17. The first-order chi connectivity index (χ1) is 42.4. The zero-order chi connectivity index (χ0) is 62.3. The number of phenolic OH excluding ortho intramolecular Hbond substituents is 2. The van der Waals surface area contributed by atoms with Crippen LogP contribution in [-0.4, -0.2) is 68.1 Å². The summed E-state index contributed by atoms with van der Waals surface area (Å²) in [5.41, 5.74) is 12.2. The van der Waals surface area contributed by atoms with Gasteiger partial charge >= 0.3 is 12.1 Å². The molecule has 10 aromatic rings. The quantitative estimate of drug-likeness (QED) is 0.0376. The molecule has 17 nitrogen and oxygen atoms in total. The van der Waals surface area contributed by atoms with Gasteiger partial charge in [-0.2, -0.15) is 10.2 Å². The smallest absolute Gasteiger partial charge is 0.326 e. The average molecular weight is 1170 g/mol. The third-order valence-corrected chi connectivity index (χ3v) is 14.5. The second-order valence-electron chi connectivity index (χ2n) is 21.4. The van der Waals surface area contributed by atoms with Crippen molar-refractivity contribution in [2.75, 3.05) is 48.6 Å². The van der Waals surface area contributed by atoms with E-state index in [-0.39, 0.29) is 28.5 Å². The first-order valence-electron chi connectivity index (χ1n) is 28.4. The number of carbonyl (C=O) groups is 5. The number of anilines is 4. The Hall–Kier alpha value is -11.3. The summed E-state index contributed by atoms with van der Waals surface area (Å²) in [6.07, 6.45) is 3.56. The molecule has 10 rings (SSSR count). The van der Waals surface area contributed by atoms with Gasteiger partial charge in [0.05, 0.1) is 11.4 Å². The van der Waals surface area contributed by atoms with Crippen LogP contribution >= 0.6 is 0 Å². The maximum Gasteiger partial charge on any atom is 0.326 e. The summed E-state index contributed by atoms with van der Waals surface area (Å²) in [5.74, 6) is -1.27. The molecule has 0 aromatic heterocycles. The normalized spacial score (nSPS) is 11.0. The third kappa shape index (κ3) is 16.5. The number of ketones is 1. The van der Waals surface area contributed by atoms with Crippen molar-refractivity contribution in [3.8, 4) is 11.5 Å². The number of benzene rings is 10. The van der Waals surface area contributed by atoms with Crippen molar-refractivity contribution in [3.63, 3.8) is 0 Å². The Balaban J connectivity index is 0.000000210. The van der Waals surface area contributed by atoms with Gasteiger partial charge in [-0.3, -0.25) is 25.0 Å². The van der Waals surface area contributed by atoms with Crippen molar-refractivity contribution in [2.24, 2.45) is 20.5 Å². The van der Waals surface area contributed by atoms with Gasteiger partial charge in [-0.25, -0.2) is 9.59 Å². The molecule has 0 saturated carbocycles. The highest BCUT2D eigenvalue weighted by molar-refractivity contribution is 6.11. The van der Waals surface area contributed by atoms with Gasteiger partial charge in [-0.15, -0.1) is 10.2 Å². The van der Waals surface area contributed by atoms with E-state index in [1.54, 1.807) is 72.8 Å². The summed E-state index contributed by atoms with van der Waals surface area (Å²) in [5, 5.41) is 50.4. The minimum Gasteiger partial charge on any atom is -0.506 e. The van der Waals surface area contributed by atoms with E-state index < -0.39 is 23.9 Å². The molecule has 17 heteroatoms. The van der Waals surface area contributed by atoms with E-state index in [1.807, 2.05) is 108 Å². The zero-order valence-corrected chi connectivity index (χ0v) is 49.6. The number of nitrogens with zero attached hydrogens (tertiary/aromatic N) is 6. The molecule has 6 N–H and O–H groups in total. The highest BCUT2D eigenvalue weighted by Crippen LogP contribution is 2.38. The van der Waals surface area contributed by atoms with Gasteiger partial charge in [0.15, 0.2) is 5.78 Å². The molecular formula is C71H66N10O7. The largest absolute Gasteiger partial charge is 0.506 e. The highest BCUT2D eigenvalue weighted by Gasteiger charge is 2.16. The zero-order valence-electron chi connectivity index (χ0n) is 49.6. The van der Waals surface area contributed by atoms with Crippen LogP contribution in [0.5, 0.6) is 11.5 Å². The summed E-state index contributed by atoms with van der Waals surface area (Å²) in [4.78, 5) is 66.5. The van der Waals surface area contributed by atoms with Gasteiger partial charge < -0.3 is 30.6 Å². The van der Waals surface area contributed by atoms with E-state index in [9.17, 15) is 34.2 Å². The molecular weight excluding hydrogens is 1100 g/mol. The average Bonchev–Trinajstić information content (AvgIpc) is 1.52. The number of amides is 6. The highest BCUT2D eigenvalue weighted by atomic mass is 16.3. The van der Waals surface area contributed by atoms with Crippen LogP contribution in [0, 0.1) is 6.92 Å². The van der Waals surface area contributed by atoms with Gasteiger partial charge in [0.2, 0.25) is 0 Å². The molecule has 442 valence electrons. The summed E-state index contributed by atoms with van der Waals surface area (Å²) in [6, 6.07) is 61.1. The van der Waals surface area contributed by atoms with Gasteiger partial charge in [-0.1, -0.05) is 90.5 Å². The third-order valence-electron chi connectivity index (χ3n) is 14.5. The Morgan fingerprint density at radius 1 is 0.398 bits per heavy atom. The fourth-order valence-corrected chi connectivity index (χ4v) is 9.37. The fourth-order valence-electron chi connectivity index (χ4n) is 9.37. The fraction of sp³-hybridized carbons (Fsp3) is 0.141. The molecule has 0 bridgehead atoms. The topological polar surface area (TPSA) is 230 Å². The number of nitrogens with one attached hydrogen (secondary N) is 4. The Bertz CT molecular complexity index is 4210. The maximum absolute atomic E-state index is 12.9. The Labute approximate surface area is 510 Å². The Kier molecular flexibility index (Phi) is 19.8. The van der Waals surface area contributed by atoms with E-state index in [1.165, 1.54) is 35.9 Å². The van der Waals surface area contributed by atoms with Gasteiger partial charge in [-0.05, 0) is 194 Å². The number of carbonyl (C=O) groups excluding carboxylic acids is 5. The van der Waals surface area contributed by atoms with Crippen molar-refractivity contribution < 1.29 is 34.2 Å². The molecule has 0 aliphatic carbocycles. The van der Waals surface area contributed by atoms with E-state index in [0.717, 1.165) is 48.1 Å². The van der Waals surface area contributed by atoms with Crippen molar-refractivity contribution in [3.05, 3.63) is 251 Å². The first-order valence-corrected chi connectivity index (χ1v) is 28.4. The van der Waals surface area contributed by atoms with Crippen LogP contribution in [0.1, 0.15) is 65.8 Å². The number of fused-ring (bicyclic) bond motifs is 2. The van der Waals surface area contributed by atoms with Gasteiger partial charge in [0.25, 0.3) is 11.8 Å². The number of azo groups is 2. The molecule has 0 atom stereocenters. The molecule has 0 aliphatic rings. The second kappa shape index (κ2) is 28.5. The lowest BCUT2D eigenvalue weighted by Crippen LogP contribution is -2.34. The SMILES string of the molecule is CC(=O)c1ccc(N=Nc2c(O)ccc3cc(C(=O)NC(=O)Nc4ccc(CCc5ccc(N(C)C)cc5)cc4)ccc23)cc1.Cc1ccc(N=Nc2c(O)ccc3cc(C(=O)NC(=O)Nc4ccc(CCc5ccc(N(C)C)cc5)cc4)ccc23)cc1. The number of urea groups is 2. The summed E-state index contributed by atoms with van der Waals surface area (Å²) < 4.78 is 0. The van der Waals surface area contributed by atoms with Gasteiger partial charge in [0.1, 0.15) is 22.9 Å². The lowest BCUT2D eigenvalue weighted by atomic mass is 10.0. The number of aromatic hydroxyl groups is 2. The van der Waals surface area contributed by atoms with Crippen LogP contribution in [0.3, 0.4) is 0 Å². The summed E-state index contributed by atoms with van der Waals surface area (Å²) >= 11 is 0. The monoisotopic (exact) mass is 1170 g/mol. The molecule has 10 aromatic carbocycles. The number of hydrogen-bond acceptors (Lipinski definition) is 13. The first kappa shape index (κ1) is 61.2. The lowest BCUT2D eigenvalue weighted by molar-refractivity contribution is 0.0957. The van der Waals surface area contributed by atoms with Crippen LogP contribution in [0.25, 0.3) is 21.5 Å². The molecule has 0 saturated heterocycles. The van der Waals surface area contributed by atoms with Crippen molar-refractivity contribution in [2.45, 2.75) is 39.5 Å². The van der Waals surface area contributed by atoms with Crippen LogP contribution in [0.2, 0.25) is 0 Å². The van der Waals surface area contributed by atoms with Crippen molar-refractivity contribution >= 4 is 96.7 Å². The summed E-state index contributed by atoms with van der Waals surface area (Å²) in [6.45, 7) is 3.47. The minimum atomic E-state index is -0.648. The lowest BCUT2D eigenvalue weighted by Gasteiger charge is -2.12. The van der Waals surface area contributed by atoms with E-state index >= 15 is 0 Å². The predicted octanol–water partition coefficient (Wildman–Crippen LogP) is 16.1. The Morgan fingerprint density at radius 2 is 0.739 bits per heavy atom. The second-order valence-corrected chi connectivity index (χ2v) is 21.4. The van der Waals surface area contributed by atoms with Crippen LogP contribution in [0.4, 0.5) is 55.1 Å². The molecule has 0 spiro atoms. The number of imide groups is 2. The maximum atomic E-state index is 12.9. The number of Topliss-reactive ketones (excluding diaryl/α,β-unsaturated/α-hetero) is 1. The molecule has 88 heavy (non-hydrogen) atoms. The number of aryl methyl sites for hydroxylation is 5. The number of phenols is 2. The minimum absolute atomic E-state index is 0.0235. The van der Waals surface area contributed by atoms with Gasteiger partial charge in [0, 0.05) is 78.4 Å². The van der Waals surface area contributed by atoms with E-state index in [4.69, 9.17) is 0 Å². The molecule has 0 radical (unpaired) electrons.